The monoisotopic (exact) mass is 319 g/mol. The number of hydrogen-bond donors (Lipinski definition) is 0. The molecule has 0 unspecified atom stereocenters. The minimum Gasteiger partial charge on any atom is -0.482 e. The van der Waals surface area contributed by atoms with E-state index in [9.17, 15) is 19.7 Å². The lowest BCUT2D eigenvalue weighted by Crippen LogP contribution is -2.47. The van der Waals surface area contributed by atoms with Crippen molar-refractivity contribution in [2.24, 2.45) is 0 Å². The van der Waals surface area contributed by atoms with Gasteiger partial charge >= 0.3 is 0 Å². The first-order valence-electron chi connectivity index (χ1n) is 7.55. The van der Waals surface area contributed by atoms with Gasteiger partial charge in [0.05, 0.1) is 10.6 Å². The van der Waals surface area contributed by atoms with Crippen LogP contribution in [0.15, 0.2) is 18.2 Å². The van der Waals surface area contributed by atoms with E-state index in [1.165, 1.54) is 23.1 Å². The van der Waals surface area contributed by atoms with Crippen molar-refractivity contribution >= 4 is 23.2 Å². The number of non-ortho nitro benzene ring substituents is 1. The Morgan fingerprint density at radius 1 is 1.26 bits per heavy atom. The number of piperidine rings is 1. The summed E-state index contributed by atoms with van der Waals surface area (Å²) in [6.07, 6.45) is 3.03. The van der Waals surface area contributed by atoms with Crippen molar-refractivity contribution < 1.29 is 19.2 Å². The van der Waals surface area contributed by atoms with E-state index in [1.54, 1.807) is 4.90 Å². The molecule has 0 spiro atoms. The first-order valence-corrected chi connectivity index (χ1v) is 7.55. The number of ether oxygens (including phenoxy) is 1. The molecule has 3 rings (SSSR count). The lowest BCUT2D eigenvalue weighted by atomic mass is 10.1. The summed E-state index contributed by atoms with van der Waals surface area (Å²) in [6.45, 7) is 1.10. The fourth-order valence-corrected chi connectivity index (χ4v) is 2.86. The van der Waals surface area contributed by atoms with Gasteiger partial charge in [-0.05, 0) is 25.3 Å². The van der Waals surface area contributed by atoms with Crippen LogP contribution in [0.4, 0.5) is 11.4 Å². The zero-order valence-electron chi connectivity index (χ0n) is 12.6. The van der Waals surface area contributed by atoms with Crippen molar-refractivity contribution in [3.63, 3.8) is 0 Å². The summed E-state index contributed by atoms with van der Waals surface area (Å²) in [5, 5.41) is 10.9. The first kappa shape index (κ1) is 15.3. The van der Waals surface area contributed by atoms with Crippen LogP contribution in [0.25, 0.3) is 0 Å². The van der Waals surface area contributed by atoms with Crippen molar-refractivity contribution in [1.29, 1.82) is 0 Å². The van der Waals surface area contributed by atoms with Crippen LogP contribution in [-0.2, 0) is 9.59 Å². The second-order valence-electron chi connectivity index (χ2n) is 5.62. The Morgan fingerprint density at radius 3 is 2.70 bits per heavy atom. The predicted molar refractivity (Wildman–Crippen MR) is 81.4 cm³/mol. The summed E-state index contributed by atoms with van der Waals surface area (Å²) in [4.78, 5) is 37.9. The number of carbonyl (C=O) groups excluding carboxylic acids is 2. The maximum absolute atomic E-state index is 12.4. The molecule has 1 aromatic rings. The molecule has 1 saturated heterocycles. The smallest absolute Gasteiger partial charge is 0.271 e. The van der Waals surface area contributed by atoms with Gasteiger partial charge in [-0.1, -0.05) is 0 Å². The molecule has 0 atom stereocenters. The molecule has 8 nitrogen and oxygen atoms in total. The van der Waals surface area contributed by atoms with Crippen LogP contribution >= 0.6 is 0 Å². The van der Waals surface area contributed by atoms with Crippen molar-refractivity contribution in [3.05, 3.63) is 28.3 Å². The van der Waals surface area contributed by atoms with Crippen molar-refractivity contribution in [3.8, 4) is 5.75 Å². The van der Waals surface area contributed by atoms with Gasteiger partial charge in [-0.25, -0.2) is 0 Å². The Hall–Kier alpha value is -2.64. The molecular formula is C15H17N3O5. The standard InChI is InChI=1S/C15H17N3O5/c19-14(16-6-2-1-3-7-16)9-17-12-8-11(18(21)22)4-5-13(12)23-10-15(17)20/h4-5,8H,1-3,6-7,9-10H2. The highest BCUT2D eigenvalue weighted by molar-refractivity contribution is 6.02. The number of nitro groups is 1. The lowest BCUT2D eigenvalue weighted by molar-refractivity contribution is -0.384. The molecule has 122 valence electrons. The second-order valence-corrected chi connectivity index (χ2v) is 5.62. The Balaban J connectivity index is 1.84. The van der Waals surface area contributed by atoms with Crippen LogP contribution < -0.4 is 9.64 Å². The first-order chi connectivity index (χ1) is 11.1. The molecule has 8 heteroatoms. The third-order valence-corrected chi connectivity index (χ3v) is 4.10. The van der Waals surface area contributed by atoms with Crippen LogP contribution in [0.5, 0.6) is 5.75 Å². The molecule has 0 aliphatic carbocycles. The van der Waals surface area contributed by atoms with Gasteiger partial charge < -0.3 is 9.64 Å². The van der Waals surface area contributed by atoms with E-state index in [0.717, 1.165) is 19.3 Å². The van der Waals surface area contributed by atoms with E-state index >= 15 is 0 Å². The number of rotatable bonds is 3. The molecule has 1 fully saturated rings. The highest BCUT2D eigenvalue weighted by atomic mass is 16.6. The van der Waals surface area contributed by atoms with Gasteiger partial charge in [0, 0.05) is 25.2 Å². The third kappa shape index (κ3) is 3.10. The highest BCUT2D eigenvalue weighted by Crippen LogP contribution is 2.35. The summed E-state index contributed by atoms with van der Waals surface area (Å²) in [5.74, 6) is -0.137. The molecule has 0 bridgehead atoms. The van der Waals surface area contributed by atoms with Gasteiger partial charge in [-0.3, -0.25) is 24.6 Å². The Labute approximate surface area is 132 Å². The van der Waals surface area contributed by atoms with Gasteiger partial charge in [-0.15, -0.1) is 0 Å². The van der Waals surface area contributed by atoms with Crippen LogP contribution in [0, 0.1) is 10.1 Å². The van der Waals surface area contributed by atoms with Crippen molar-refractivity contribution in [2.75, 3.05) is 31.1 Å². The van der Waals surface area contributed by atoms with Gasteiger partial charge in [0.15, 0.2) is 6.61 Å². The Bertz CT molecular complexity index is 655. The number of amides is 2. The maximum Gasteiger partial charge on any atom is 0.271 e. The van der Waals surface area contributed by atoms with E-state index in [2.05, 4.69) is 0 Å². The van der Waals surface area contributed by atoms with E-state index in [0.29, 0.717) is 18.8 Å². The molecule has 0 saturated carbocycles. The van der Waals surface area contributed by atoms with Crippen molar-refractivity contribution in [1.82, 2.24) is 4.90 Å². The average molecular weight is 319 g/mol. The molecule has 2 heterocycles. The fraction of sp³-hybridized carbons (Fsp3) is 0.467. The molecule has 0 N–H and O–H groups in total. The number of benzene rings is 1. The molecule has 0 aromatic heterocycles. The number of nitro benzene ring substituents is 1. The highest BCUT2D eigenvalue weighted by Gasteiger charge is 2.30. The second kappa shape index (κ2) is 6.23. The number of carbonyl (C=O) groups is 2. The van der Waals surface area contributed by atoms with Crippen LogP contribution in [0.2, 0.25) is 0 Å². The van der Waals surface area contributed by atoms with Gasteiger partial charge in [0.25, 0.3) is 11.6 Å². The topological polar surface area (TPSA) is 93.0 Å². The Morgan fingerprint density at radius 2 is 2.00 bits per heavy atom. The number of nitrogens with zero attached hydrogens (tertiary/aromatic N) is 3. The van der Waals surface area contributed by atoms with E-state index < -0.39 is 4.92 Å². The van der Waals surface area contributed by atoms with Gasteiger partial charge in [-0.2, -0.15) is 0 Å². The van der Waals surface area contributed by atoms with Gasteiger partial charge in [0.1, 0.15) is 12.3 Å². The molecule has 0 radical (unpaired) electrons. The minimum absolute atomic E-state index is 0.115. The van der Waals surface area contributed by atoms with Crippen LogP contribution in [0.1, 0.15) is 19.3 Å². The lowest BCUT2D eigenvalue weighted by Gasteiger charge is -2.32. The number of hydrogen-bond acceptors (Lipinski definition) is 5. The normalized spacial score (nSPS) is 17.5. The van der Waals surface area contributed by atoms with Crippen molar-refractivity contribution in [2.45, 2.75) is 19.3 Å². The summed E-state index contributed by atoms with van der Waals surface area (Å²) >= 11 is 0. The summed E-state index contributed by atoms with van der Waals surface area (Å²) in [6, 6.07) is 4.05. The fourth-order valence-electron chi connectivity index (χ4n) is 2.86. The summed E-state index contributed by atoms with van der Waals surface area (Å²) < 4.78 is 5.29. The zero-order chi connectivity index (χ0) is 16.4. The zero-order valence-corrected chi connectivity index (χ0v) is 12.6. The van der Waals surface area contributed by atoms with Gasteiger partial charge in [0.2, 0.25) is 5.91 Å². The molecule has 2 amide bonds. The summed E-state index contributed by atoms with van der Waals surface area (Å²) in [5.41, 5.74) is 0.137. The van der Waals surface area contributed by atoms with Crippen LogP contribution in [0.3, 0.4) is 0 Å². The van der Waals surface area contributed by atoms with E-state index in [-0.39, 0.29) is 36.3 Å². The summed E-state index contributed by atoms with van der Waals surface area (Å²) in [7, 11) is 0. The minimum atomic E-state index is -0.538. The number of likely N-dealkylation sites (tertiary alicyclic amines) is 1. The average Bonchev–Trinajstić information content (AvgIpc) is 2.57. The number of fused-ring (bicyclic) bond motifs is 1. The SMILES string of the molecule is O=C(CN1C(=O)COc2ccc([N+](=O)[O-])cc21)N1CCCCC1. The molecule has 2 aliphatic rings. The van der Waals surface area contributed by atoms with E-state index in [1.807, 2.05) is 0 Å². The number of anilines is 1. The molecule has 1 aromatic carbocycles. The Kier molecular flexibility index (Phi) is 4.14. The largest absolute Gasteiger partial charge is 0.482 e. The third-order valence-electron chi connectivity index (χ3n) is 4.10. The molecule has 23 heavy (non-hydrogen) atoms. The van der Waals surface area contributed by atoms with E-state index in [4.69, 9.17) is 4.74 Å². The predicted octanol–water partition coefficient (Wildman–Crippen LogP) is 1.33. The van der Waals surface area contributed by atoms with Crippen LogP contribution in [-0.4, -0.2) is 47.9 Å². The molecule has 2 aliphatic heterocycles. The quantitative estimate of drug-likeness (QED) is 0.619. The molecular weight excluding hydrogens is 302 g/mol. The maximum atomic E-state index is 12.4.